The highest BCUT2D eigenvalue weighted by Crippen LogP contribution is 2.25. The third kappa shape index (κ3) is 3.18. The van der Waals surface area contributed by atoms with Crippen LogP contribution in [0.25, 0.3) is 11.3 Å². The van der Waals surface area contributed by atoms with Crippen molar-refractivity contribution in [2.45, 2.75) is 20.3 Å². The van der Waals surface area contributed by atoms with Crippen molar-refractivity contribution in [3.05, 3.63) is 41.6 Å². The summed E-state index contributed by atoms with van der Waals surface area (Å²) in [4.78, 5) is 25.5. The molecule has 1 amide bonds. The van der Waals surface area contributed by atoms with Crippen molar-refractivity contribution >= 4 is 11.9 Å². The summed E-state index contributed by atoms with van der Waals surface area (Å²) >= 11 is 0. The van der Waals surface area contributed by atoms with Crippen LogP contribution in [0.15, 0.2) is 30.3 Å². The van der Waals surface area contributed by atoms with Crippen LogP contribution in [0.5, 0.6) is 0 Å². The van der Waals surface area contributed by atoms with E-state index < -0.39 is 5.97 Å². The van der Waals surface area contributed by atoms with Crippen LogP contribution in [0, 0.1) is 18.8 Å². The van der Waals surface area contributed by atoms with Crippen LogP contribution in [0.4, 0.5) is 0 Å². The van der Waals surface area contributed by atoms with Gasteiger partial charge < -0.3 is 10.0 Å². The van der Waals surface area contributed by atoms with Gasteiger partial charge in [0, 0.05) is 18.7 Å². The van der Waals surface area contributed by atoms with E-state index >= 15 is 0 Å². The maximum Gasteiger partial charge on any atom is 0.306 e. The van der Waals surface area contributed by atoms with Crippen LogP contribution in [0.1, 0.15) is 29.4 Å². The molecule has 6 heteroatoms. The summed E-state index contributed by atoms with van der Waals surface area (Å²) in [6.07, 6.45) is 0.487. The van der Waals surface area contributed by atoms with Crippen LogP contribution < -0.4 is 0 Å². The van der Waals surface area contributed by atoms with Crippen molar-refractivity contribution in [1.82, 2.24) is 15.1 Å². The van der Waals surface area contributed by atoms with E-state index in [1.807, 2.05) is 38.1 Å². The van der Waals surface area contributed by atoms with E-state index in [0.29, 0.717) is 25.2 Å². The SMILES string of the molecule is Cc1ccc(-c2cc(C(=O)N3CCC(C(=O)O)C(C)C3)[nH]n2)cc1. The summed E-state index contributed by atoms with van der Waals surface area (Å²) < 4.78 is 0. The number of benzene rings is 1. The average Bonchev–Trinajstić information content (AvgIpc) is 3.04. The molecule has 1 saturated heterocycles. The average molecular weight is 327 g/mol. The third-order valence-corrected chi connectivity index (χ3v) is 4.67. The number of nitrogens with one attached hydrogen (secondary N) is 1. The molecular weight excluding hydrogens is 306 g/mol. The number of hydrogen-bond donors (Lipinski definition) is 2. The van der Waals surface area contributed by atoms with Gasteiger partial charge in [0.25, 0.3) is 5.91 Å². The Labute approximate surface area is 140 Å². The number of aryl methyl sites for hydroxylation is 1. The molecule has 2 unspecified atom stereocenters. The Kier molecular flexibility index (Phi) is 4.38. The maximum atomic E-state index is 12.6. The van der Waals surface area contributed by atoms with Gasteiger partial charge in [-0.2, -0.15) is 5.10 Å². The Balaban J connectivity index is 1.72. The number of likely N-dealkylation sites (tertiary alicyclic amines) is 1. The van der Waals surface area contributed by atoms with Crippen molar-refractivity contribution < 1.29 is 14.7 Å². The number of H-pyrrole nitrogens is 1. The highest BCUT2D eigenvalue weighted by atomic mass is 16.4. The van der Waals surface area contributed by atoms with Crippen molar-refractivity contribution in [3.63, 3.8) is 0 Å². The van der Waals surface area contributed by atoms with E-state index in [9.17, 15) is 14.7 Å². The largest absolute Gasteiger partial charge is 0.481 e. The minimum Gasteiger partial charge on any atom is -0.481 e. The zero-order valence-corrected chi connectivity index (χ0v) is 13.8. The number of piperidine rings is 1. The Bertz CT molecular complexity index is 751. The molecule has 0 spiro atoms. The monoisotopic (exact) mass is 327 g/mol. The summed E-state index contributed by atoms with van der Waals surface area (Å²) in [6.45, 7) is 4.81. The quantitative estimate of drug-likeness (QED) is 0.907. The first-order valence-corrected chi connectivity index (χ1v) is 8.10. The first-order chi connectivity index (χ1) is 11.5. The van der Waals surface area contributed by atoms with Gasteiger partial charge in [-0.3, -0.25) is 14.7 Å². The molecule has 126 valence electrons. The lowest BCUT2D eigenvalue weighted by Gasteiger charge is -2.34. The number of hydrogen-bond acceptors (Lipinski definition) is 3. The molecule has 2 atom stereocenters. The lowest BCUT2D eigenvalue weighted by molar-refractivity contribution is -0.145. The highest BCUT2D eigenvalue weighted by molar-refractivity contribution is 5.93. The van der Waals surface area contributed by atoms with Gasteiger partial charge in [0.15, 0.2) is 0 Å². The van der Waals surface area contributed by atoms with E-state index in [2.05, 4.69) is 10.2 Å². The number of aromatic amines is 1. The van der Waals surface area contributed by atoms with Gasteiger partial charge in [-0.15, -0.1) is 0 Å². The minimum atomic E-state index is -0.780. The molecule has 6 nitrogen and oxygen atoms in total. The minimum absolute atomic E-state index is 0.0558. The number of rotatable bonds is 3. The molecule has 1 aromatic carbocycles. The molecule has 2 heterocycles. The molecule has 1 aromatic heterocycles. The number of nitrogens with zero attached hydrogens (tertiary/aromatic N) is 2. The molecule has 1 fully saturated rings. The number of carbonyl (C=O) groups excluding carboxylic acids is 1. The van der Waals surface area contributed by atoms with E-state index in [1.165, 1.54) is 5.56 Å². The third-order valence-electron chi connectivity index (χ3n) is 4.67. The highest BCUT2D eigenvalue weighted by Gasteiger charge is 2.33. The first kappa shape index (κ1) is 16.2. The summed E-state index contributed by atoms with van der Waals surface area (Å²) in [6, 6.07) is 9.70. The van der Waals surface area contributed by atoms with Crippen molar-refractivity contribution in [2.24, 2.45) is 11.8 Å². The lowest BCUT2D eigenvalue weighted by Crippen LogP contribution is -2.45. The van der Waals surface area contributed by atoms with Crippen LogP contribution in [-0.4, -0.2) is 45.2 Å². The molecular formula is C18H21N3O3. The van der Waals surface area contributed by atoms with Crippen LogP contribution >= 0.6 is 0 Å². The molecule has 3 rings (SSSR count). The van der Waals surface area contributed by atoms with Gasteiger partial charge in [-0.1, -0.05) is 36.8 Å². The van der Waals surface area contributed by atoms with Crippen molar-refractivity contribution in [3.8, 4) is 11.3 Å². The number of carboxylic acids is 1. The molecule has 0 saturated carbocycles. The zero-order valence-electron chi connectivity index (χ0n) is 13.8. The summed E-state index contributed by atoms with van der Waals surface area (Å²) in [5, 5.41) is 16.2. The topological polar surface area (TPSA) is 86.3 Å². The van der Waals surface area contributed by atoms with Gasteiger partial charge >= 0.3 is 5.97 Å². The number of carboxylic acid groups (broad SMARTS) is 1. The van der Waals surface area contributed by atoms with E-state index in [0.717, 1.165) is 11.3 Å². The fraction of sp³-hybridized carbons (Fsp3) is 0.389. The molecule has 2 aromatic rings. The summed E-state index contributed by atoms with van der Waals surface area (Å²) in [5.41, 5.74) is 3.29. The fourth-order valence-electron chi connectivity index (χ4n) is 3.17. The van der Waals surface area contributed by atoms with Gasteiger partial charge in [-0.05, 0) is 25.3 Å². The van der Waals surface area contributed by atoms with Gasteiger partial charge in [-0.25, -0.2) is 0 Å². The Morgan fingerprint density at radius 3 is 2.62 bits per heavy atom. The van der Waals surface area contributed by atoms with Gasteiger partial charge in [0.2, 0.25) is 0 Å². The molecule has 1 aliphatic rings. The second-order valence-electron chi connectivity index (χ2n) is 6.49. The van der Waals surface area contributed by atoms with E-state index in [4.69, 9.17) is 0 Å². The zero-order chi connectivity index (χ0) is 17.3. The summed E-state index contributed by atoms with van der Waals surface area (Å²) in [5.74, 6) is -1.34. The van der Waals surface area contributed by atoms with Gasteiger partial charge in [0.05, 0.1) is 11.6 Å². The van der Waals surface area contributed by atoms with E-state index in [-0.39, 0.29) is 17.7 Å². The second-order valence-corrected chi connectivity index (χ2v) is 6.49. The smallest absolute Gasteiger partial charge is 0.306 e. The molecule has 0 radical (unpaired) electrons. The fourth-order valence-corrected chi connectivity index (χ4v) is 3.17. The molecule has 0 aliphatic carbocycles. The lowest BCUT2D eigenvalue weighted by atomic mass is 9.87. The molecule has 2 N–H and O–H groups in total. The first-order valence-electron chi connectivity index (χ1n) is 8.10. The Morgan fingerprint density at radius 2 is 2.00 bits per heavy atom. The molecule has 24 heavy (non-hydrogen) atoms. The van der Waals surface area contributed by atoms with Crippen LogP contribution in [-0.2, 0) is 4.79 Å². The van der Waals surface area contributed by atoms with E-state index in [1.54, 1.807) is 11.0 Å². The van der Waals surface area contributed by atoms with Crippen molar-refractivity contribution in [2.75, 3.05) is 13.1 Å². The number of carbonyl (C=O) groups is 2. The second kappa shape index (κ2) is 6.47. The van der Waals surface area contributed by atoms with Crippen LogP contribution in [0.2, 0.25) is 0 Å². The van der Waals surface area contributed by atoms with Crippen LogP contribution in [0.3, 0.4) is 0 Å². The maximum absolute atomic E-state index is 12.6. The predicted octanol–water partition coefficient (Wildman–Crippen LogP) is 2.57. The van der Waals surface area contributed by atoms with Gasteiger partial charge in [0.1, 0.15) is 5.69 Å². The molecule has 0 bridgehead atoms. The summed E-state index contributed by atoms with van der Waals surface area (Å²) in [7, 11) is 0. The number of aliphatic carboxylic acids is 1. The normalized spacial score (nSPS) is 20.8. The predicted molar refractivity (Wildman–Crippen MR) is 89.6 cm³/mol. The van der Waals surface area contributed by atoms with Crippen molar-refractivity contribution in [1.29, 1.82) is 0 Å². The number of aromatic nitrogens is 2. The standard InChI is InChI=1S/C18H21N3O3/c1-11-3-5-13(6-4-11)15-9-16(20-19-15)17(22)21-8-7-14(18(23)24)12(2)10-21/h3-6,9,12,14H,7-8,10H2,1-2H3,(H,19,20)(H,23,24). The molecule has 1 aliphatic heterocycles. The Morgan fingerprint density at radius 1 is 1.29 bits per heavy atom. The number of amides is 1. The Hall–Kier alpha value is -2.63.